The molecule has 0 aliphatic carbocycles. The van der Waals surface area contributed by atoms with Crippen molar-refractivity contribution in [3.63, 3.8) is 0 Å². The van der Waals surface area contributed by atoms with Gasteiger partial charge in [0.1, 0.15) is 0 Å². The first-order chi connectivity index (χ1) is 5.18. The predicted molar refractivity (Wildman–Crippen MR) is 49.4 cm³/mol. The van der Waals surface area contributed by atoms with Crippen LogP contribution in [0, 0.1) is 5.92 Å². The van der Waals surface area contributed by atoms with Crippen LogP contribution < -0.4 is 0 Å². The Balaban J connectivity index is 3.38. The van der Waals surface area contributed by atoms with E-state index in [-0.39, 0.29) is 6.10 Å². The highest BCUT2D eigenvalue weighted by atomic mass is 16.3. The lowest BCUT2D eigenvalue weighted by Crippen LogP contribution is -2.13. The Morgan fingerprint density at radius 3 is 2.55 bits per heavy atom. The van der Waals surface area contributed by atoms with E-state index in [4.69, 9.17) is 0 Å². The Morgan fingerprint density at radius 2 is 2.09 bits per heavy atom. The fourth-order valence-corrected chi connectivity index (χ4v) is 0.793. The monoisotopic (exact) mass is 154 g/mol. The third-order valence-corrected chi connectivity index (χ3v) is 1.67. The summed E-state index contributed by atoms with van der Waals surface area (Å²) < 4.78 is 0. The molecule has 0 rings (SSSR count). The molecule has 0 saturated carbocycles. The SMILES string of the molecule is C=C/C=C/CCC(O)C(C)C. The third-order valence-electron chi connectivity index (χ3n) is 1.67. The highest BCUT2D eigenvalue weighted by molar-refractivity contribution is 4.97. The summed E-state index contributed by atoms with van der Waals surface area (Å²) in [4.78, 5) is 0. The molecule has 1 heteroatoms. The molecule has 0 bridgehead atoms. The summed E-state index contributed by atoms with van der Waals surface area (Å²) in [6.45, 7) is 7.62. The molecule has 0 spiro atoms. The lowest BCUT2D eigenvalue weighted by molar-refractivity contribution is 0.117. The predicted octanol–water partition coefficient (Wildman–Crippen LogP) is 2.53. The molecule has 64 valence electrons. The van der Waals surface area contributed by atoms with Crippen molar-refractivity contribution in [2.75, 3.05) is 0 Å². The van der Waals surface area contributed by atoms with Crippen molar-refractivity contribution < 1.29 is 5.11 Å². The van der Waals surface area contributed by atoms with Crippen LogP contribution in [0.3, 0.4) is 0 Å². The molecule has 0 aromatic rings. The first-order valence-corrected chi connectivity index (χ1v) is 4.14. The number of allylic oxidation sites excluding steroid dienone is 3. The summed E-state index contributed by atoms with van der Waals surface area (Å²) >= 11 is 0. The van der Waals surface area contributed by atoms with Crippen LogP contribution in [-0.4, -0.2) is 11.2 Å². The Bertz CT molecular complexity index is 125. The second-order valence-electron chi connectivity index (χ2n) is 3.05. The van der Waals surface area contributed by atoms with Gasteiger partial charge in [-0.25, -0.2) is 0 Å². The Kier molecular flexibility index (Phi) is 5.86. The minimum atomic E-state index is -0.163. The van der Waals surface area contributed by atoms with Crippen LogP contribution in [0.1, 0.15) is 26.7 Å². The third kappa shape index (κ3) is 5.86. The maximum absolute atomic E-state index is 9.37. The molecular formula is C10H18O. The highest BCUT2D eigenvalue weighted by Crippen LogP contribution is 2.07. The van der Waals surface area contributed by atoms with Gasteiger partial charge in [-0.05, 0) is 18.8 Å². The second kappa shape index (κ2) is 6.17. The molecule has 1 N–H and O–H groups in total. The molecule has 0 fully saturated rings. The molecule has 1 atom stereocenters. The molecule has 0 aliphatic rings. The molecule has 0 saturated heterocycles. The van der Waals surface area contributed by atoms with Crippen molar-refractivity contribution in [3.8, 4) is 0 Å². The molecule has 1 nitrogen and oxygen atoms in total. The van der Waals surface area contributed by atoms with E-state index >= 15 is 0 Å². The molecule has 0 amide bonds. The van der Waals surface area contributed by atoms with Crippen molar-refractivity contribution in [1.29, 1.82) is 0 Å². The zero-order valence-corrected chi connectivity index (χ0v) is 7.46. The lowest BCUT2D eigenvalue weighted by Gasteiger charge is -2.12. The second-order valence-corrected chi connectivity index (χ2v) is 3.05. The van der Waals surface area contributed by atoms with Crippen LogP contribution in [0.5, 0.6) is 0 Å². The van der Waals surface area contributed by atoms with E-state index in [1.54, 1.807) is 6.08 Å². The number of hydrogen-bond acceptors (Lipinski definition) is 1. The van der Waals surface area contributed by atoms with E-state index in [9.17, 15) is 5.11 Å². The number of aliphatic hydroxyl groups excluding tert-OH is 1. The first-order valence-electron chi connectivity index (χ1n) is 4.14. The zero-order valence-electron chi connectivity index (χ0n) is 7.46. The normalized spacial score (nSPS) is 14.2. The smallest absolute Gasteiger partial charge is 0.0566 e. The summed E-state index contributed by atoms with van der Waals surface area (Å²) in [6.07, 6.45) is 7.31. The van der Waals surface area contributed by atoms with Crippen molar-refractivity contribution >= 4 is 0 Å². The van der Waals surface area contributed by atoms with Crippen molar-refractivity contribution in [3.05, 3.63) is 24.8 Å². The number of aliphatic hydroxyl groups is 1. The van der Waals surface area contributed by atoms with Gasteiger partial charge in [0.15, 0.2) is 0 Å². The van der Waals surface area contributed by atoms with Crippen LogP contribution in [0.15, 0.2) is 24.8 Å². The molecule has 0 radical (unpaired) electrons. The largest absolute Gasteiger partial charge is 0.393 e. The maximum Gasteiger partial charge on any atom is 0.0566 e. The van der Waals surface area contributed by atoms with Crippen LogP contribution >= 0.6 is 0 Å². The van der Waals surface area contributed by atoms with Crippen LogP contribution in [-0.2, 0) is 0 Å². The first kappa shape index (κ1) is 10.4. The van der Waals surface area contributed by atoms with Crippen LogP contribution in [0.4, 0.5) is 0 Å². The molecule has 1 unspecified atom stereocenters. The number of hydrogen-bond donors (Lipinski definition) is 1. The minimum Gasteiger partial charge on any atom is -0.393 e. The summed E-state index contributed by atoms with van der Waals surface area (Å²) in [6, 6.07) is 0. The van der Waals surface area contributed by atoms with Gasteiger partial charge >= 0.3 is 0 Å². The van der Waals surface area contributed by atoms with Crippen molar-refractivity contribution in [2.45, 2.75) is 32.8 Å². The van der Waals surface area contributed by atoms with Gasteiger partial charge in [0.25, 0.3) is 0 Å². The van der Waals surface area contributed by atoms with Gasteiger partial charge in [0, 0.05) is 0 Å². The van der Waals surface area contributed by atoms with Gasteiger partial charge in [-0.2, -0.15) is 0 Å². The molecular weight excluding hydrogens is 136 g/mol. The van der Waals surface area contributed by atoms with E-state index in [1.165, 1.54) is 0 Å². The molecule has 0 aromatic heterocycles. The topological polar surface area (TPSA) is 20.2 Å². The summed E-state index contributed by atoms with van der Waals surface area (Å²) in [5.41, 5.74) is 0. The molecule has 0 aliphatic heterocycles. The van der Waals surface area contributed by atoms with E-state index in [0.29, 0.717) is 5.92 Å². The van der Waals surface area contributed by atoms with E-state index < -0.39 is 0 Å². The summed E-state index contributed by atoms with van der Waals surface area (Å²) in [5, 5.41) is 9.37. The van der Waals surface area contributed by atoms with E-state index in [1.807, 2.05) is 26.0 Å². The average molecular weight is 154 g/mol. The number of rotatable bonds is 5. The van der Waals surface area contributed by atoms with E-state index in [0.717, 1.165) is 12.8 Å². The quantitative estimate of drug-likeness (QED) is 0.603. The van der Waals surface area contributed by atoms with Gasteiger partial charge < -0.3 is 5.11 Å². The Morgan fingerprint density at radius 1 is 1.45 bits per heavy atom. The standard InChI is InChI=1S/C10H18O/c1-4-5-6-7-8-10(11)9(2)3/h4-6,9-11H,1,7-8H2,2-3H3/b6-5+. The lowest BCUT2D eigenvalue weighted by atomic mass is 10.0. The fraction of sp³-hybridized carbons (Fsp3) is 0.600. The van der Waals surface area contributed by atoms with Crippen molar-refractivity contribution in [2.24, 2.45) is 5.92 Å². The fourth-order valence-electron chi connectivity index (χ4n) is 0.793. The average Bonchev–Trinajstić information content (AvgIpc) is 1.97. The summed E-state index contributed by atoms with van der Waals surface area (Å²) in [7, 11) is 0. The maximum atomic E-state index is 9.37. The zero-order chi connectivity index (χ0) is 8.69. The Hall–Kier alpha value is -0.560. The van der Waals surface area contributed by atoms with Gasteiger partial charge in [-0.15, -0.1) is 0 Å². The van der Waals surface area contributed by atoms with Gasteiger partial charge in [-0.1, -0.05) is 38.7 Å². The van der Waals surface area contributed by atoms with E-state index in [2.05, 4.69) is 6.58 Å². The summed E-state index contributed by atoms with van der Waals surface area (Å²) in [5.74, 6) is 0.368. The van der Waals surface area contributed by atoms with Crippen LogP contribution in [0.2, 0.25) is 0 Å². The van der Waals surface area contributed by atoms with Gasteiger partial charge in [-0.3, -0.25) is 0 Å². The minimum absolute atomic E-state index is 0.163. The van der Waals surface area contributed by atoms with Gasteiger partial charge in [0.2, 0.25) is 0 Å². The highest BCUT2D eigenvalue weighted by Gasteiger charge is 2.06. The Labute approximate surface area is 69.4 Å². The van der Waals surface area contributed by atoms with Crippen LogP contribution in [0.25, 0.3) is 0 Å². The molecule has 11 heavy (non-hydrogen) atoms. The van der Waals surface area contributed by atoms with Crippen molar-refractivity contribution in [1.82, 2.24) is 0 Å². The van der Waals surface area contributed by atoms with Gasteiger partial charge in [0.05, 0.1) is 6.10 Å². The molecule has 0 aromatic carbocycles. The molecule has 0 heterocycles.